The lowest BCUT2D eigenvalue weighted by molar-refractivity contribution is 0.0992. The van der Waals surface area contributed by atoms with Gasteiger partial charge in [-0.25, -0.2) is 0 Å². The molecule has 3 aromatic rings. The molecule has 0 spiro atoms. The first-order valence-corrected chi connectivity index (χ1v) is 8.19. The highest BCUT2D eigenvalue weighted by molar-refractivity contribution is 6.06. The standard InChI is InChI=1S/C20H19NO3/c1-23-12-17-16-7-2-3-8-18(16)24-19(17)20(22)21-15-10-9-13-5-4-6-14(13)11-15/h2-3,7-11H,4-6,12H2,1H3,(H,21,22). The molecule has 122 valence electrons. The van der Waals surface area contributed by atoms with Gasteiger partial charge in [-0.2, -0.15) is 0 Å². The first-order chi connectivity index (χ1) is 11.8. The van der Waals surface area contributed by atoms with Gasteiger partial charge >= 0.3 is 0 Å². The fourth-order valence-corrected chi connectivity index (χ4v) is 3.41. The number of aryl methyl sites for hydroxylation is 2. The highest BCUT2D eigenvalue weighted by Gasteiger charge is 2.21. The maximum atomic E-state index is 12.7. The van der Waals surface area contributed by atoms with Gasteiger partial charge in [0.05, 0.1) is 6.61 Å². The van der Waals surface area contributed by atoms with E-state index >= 15 is 0 Å². The van der Waals surface area contributed by atoms with Crippen molar-refractivity contribution in [2.45, 2.75) is 25.9 Å². The van der Waals surface area contributed by atoms with E-state index in [9.17, 15) is 4.79 Å². The zero-order chi connectivity index (χ0) is 16.5. The van der Waals surface area contributed by atoms with E-state index in [4.69, 9.17) is 9.15 Å². The van der Waals surface area contributed by atoms with Crippen LogP contribution in [0.25, 0.3) is 11.0 Å². The van der Waals surface area contributed by atoms with E-state index in [-0.39, 0.29) is 5.91 Å². The lowest BCUT2D eigenvalue weighted by atomic mass is 10.1. The van der Waals surface area contributed by atoms with Crippen molar-refractivity contribution in [3.05, 3.63) is 64.9 Å². The Hall–Kier alpha value is -2.59. The zero-order valence-corrected chi connectivity index (χ0v) is 13.6. The summed E-state index contributed by atoms with van der Waals surface area (Å²) in [7, 11) is 1.62. The number of para-hydroxylation sites is 1. The summed E-state index contributed by atoms with van der Waals surface area (Å²) in [5.74, 6) is 0.0785. The van der Waals surface area contributed by atoms with Gasteiger partial charge in [0.15, 0.2) is 5.76 Å². The van der Waals surface area contributed by atoms with E-state index in [2.05, 4.69) is 17.4 Å². The van der Waals surface area contributed by atoms with Crippen LogP contribution in [0.4, 0.5) is 5.69 Å². The van der Waals surface area contributed by atoms with Crippen LogP contribution >= 0.6 is 0 Å². The van der Waals surface area contributed by atoms with E-state index < -0.39 is 0 Å². The zero-order valence-electron chi connectivity index (χ0n) is 13.6. The van der Waals surface area contributed by atoms with Crippen LogP contribution in [0, 0.1) is 0 Å². The Balaban J connectivity index is 1.66. The van der Waals surface area contributed by atoms with E-state index in [0.717, 1.165) is 29.5 Å². The highest BCUT2D eigenvalue weighted by atomic mass is 16.5. The average Bonchev–Trinajstić information content (AvgIpc) is 3.20. The predicted molar refractivity (Wildman–Crippen MR) is 93.3 cm³/mol. The minimum atomic E-state index is -0.240. The van der Waals surface area contributed by atoms with Crippen molar-refractivity contribution in [3.8, 4) is 0 Å². The molecule has 0 bridgehead atoms. The van der Waals surface area contributed by atoms with Gasteiger partial charge in [0, 0.05) is 23.7 Å². The molecule has 1 amide bonds. The molecular formula is C20H19NO3. The molecule has 4 rings (SSSR count). The van der Waals surface area contributed by atoms with Crippen molar-refractivity contribution in [3.63, 3.8) is 0 Å². The molecule has 24 heavy (non-hydrogen) atoms. The molecule has 0 fully saturated rings. The summed E-state index contributed by atoms with van der Waals surface area (Å²) in [5.41, 5.74) is 5.01. The van der Waals surface area contributed by atoms with E-state index in [1.165, 1.54) is 17.5 Å². The van der Waals surface area contributed by atoms with E-state index in [1.807, 2.05) is 30.3 Å². The van der Waals surface area contributed by atoms with Gasteiger partial charge in [-0.1, -0.05) is 24.3 Å². The number of furan rings is 1. The molecule has 1 aliphatic rings. The van der Waals surface area contributed by atoms with E-state index in [1.54, 1.807) is 7.11 Å². The summed E-state index contributed by atoms with van der Waals surface area (Å²) in [4.78, 5) is 12.7. The summed E-state index contributed by atoms with van der Waals surface area (Å²) in [6.07, 6.45) is 3.40. The number of amides is 1. The van der Waals surface area contributed by atoms with Crippen molar-refractivity contribution in [2.24, 2.45) is 0 Å². The van der Waals surface area contributed by atoms with Crippen molar-refractivity contribution >= 4 is 22.6 Å². The number of hydrogen-bond donors (Lipinski definition) is 1. The molecule has 1 aromatic heterocycles. The molecule has 0 saturated heterocycles. The van der Waals surface area contributed by atoms with Crippen LogP contribution in [0.3, 0.4) is 0 Å². The third-order valence-corrected chi connectivity index (χ3v) is 4.55. The molecule has 0 radical (unpaired) electrons. The first-order valence-electron chi connectivity index (χ1n) is 8.19. The number of hydrogen-bond acceptors (Lipinski definition) is 3. The largest absolute Gasteiger partial charge is 0.451 e. The van der Waals surface area contributed by atoms with Gasteiger partial charge in [0.1, 0.15) is 5.58 Å². The van der Waals surface area contributed by atoms with Crippen LogP contribution in [0.2, 0.25) is 0 Å². The van der Waals surface area contributed by atoms with Crippen LogP contribution in [0.1, 0.15) is 33.7 Å². The molecule has 4 heteroatoms. The summed E-state index contributed by atoms with van der Waals surface area (Å²) < 4.78 is 11.0. The third kappa shape index (κ3) is 2.59. The molecular weight excluding hydrogens is 302 g/mol. The maximum absolute atomic E-state index is 12.7. The Morgan fingerprint density at radius 2 is 2.00 bits per heavy atom. The molecule has 0 saturated carbocycles. The fourth-order valence-electron chi connectivity index (χ4n) is 3.41. The summed E-state index contributed by atoms with van der Waals surface area (Å²) >= 11 is 0. The van der Waals surface area contributed by atoms with E-state index in [0.29, 0.717) is 18.0 Å². The van der Waals surface area contributed by atoms with Gasteiger partial charge in [-0.15, -0.1) is 0 Å². The lowest BCUT2D eigenvalue weighted by Crippen LogP contribution is -2.13. The normalized spacial score (nSPS) is 13.2. The third-order valence-electron chi connectivity index (χ3n) is 4.55. The Morgan fingerprint density at radius 3 is 2.88 bits per heavy atom. The van der Waals surface area contributed by atoms with Crippen molar-refractivity contribution in [2.75, 3.05) is 12.4 Å². The van der Waals surface area contributed by atoms with Gasteiger partial charge in [-0.05, 0) is 48.6 Å². The molecule has 0 atom stereocenters. The molecule has 0 aliphatic heterocycles. The fraction of sp³-hybridized carbons (Fsp3) is 0.250. The van der Waals surface area contributed by atoms with Crippen LogP contribution in [0.5, 0.6) is 0 Å². The topological polar surface area (TPSA) is 51.5 Å². The van der Waals surface area contributed by atoms with Gasteiger partial charge < -0.3 is 14.5 Å². The Labute approximate surface area is 140 Å². The summed E-state index contributed by atoms with van der Waals surface area (Å²) in [6.45, 7) is 0.337. The number of fused-ring (bicyclic) bond motifs is 2. The van der Waals surface area contributed by atoms with Gasteiger partial charge in [0.2, 0.25) is 0 Å². The Kier molecular flexibility index (Phi) is 3.82. The molecule has 1 N–H and O–H groups in total. The molecule has 1 heterocycles. The Morgan fingerprint density at radius 1 is 1.17 bits per heavy atom. The van der Waals surface area contributed by atoms with Crippen LogP contribution in [-0.4, -0.2) is 13.0 Å². The number of carbonyl (C=O) groups excluding carboxylic acids is 1. The number of ether oxygens (including phenoxy) is 1. The number of benzene rings is 2. The molecule has 1 aliphatic carbocycles. The smallest absolute Gasteiger partial charge is 0.291 e. The minimum absolute atomic E-state index is 0.240. The van der Waals surface area contributed by atoms with Gasteiger partial charge in [0.25, 0.3) is 5.91 Å². The molecule has 2 aromatic carbocycles. The van der Waals surface area contributed by atoms with Gasteiger partial charge in [-0.3, -0.25) is 4.79 Å². The highest BCUT2D eigenvalue weighted by Crippen LogP contribution is 2.28. The number of nitrogens with one attached hydrogen (secondary N) is 1. The molecule has 0 unspecified atom stereocenters. The second kappa shape index (κ2) is 6.13. The monoisotopic (exact) mass is 321 g/mol. The molecule has 4 nitrogen and oxygen atoms in total. The maximum Gasteiger partial charge on any atom is 0.291 e. The SMILES string of the molecule is COCc1c(C(=O)Nc2ccc3c(c2)CCC3)oc2ccccc12. The van der Waals surface area contributed by atoms with Crippen LogP contribution < -0.4 is 5.32 Å². The second-order valence-corrected chi connectivity index (χ2v) is 6.13. The van der Waals surface area contributed by atoms with Crippen molar-refractivity contribution in [1.82, 2.24) is 0 Å². The van der Waals surface area contributed by atoms with Crippen molar-refractivity contribution < 1.29 is 13.9 Å². The number of rotatable bonds is 4. The quantitative estimate of drug-likeness (QED) is 0.778. The average molecular weight is 321 g/mol. The van der Waals surface area contributed by atoms with Crippen molar-refractivity contribution in [1.29, 1.82) is 0 Å². The number of carbonyl (C=O) groups is 1. The Bertz CT molecular complexity index is 910. The number of anilines is 1. The first kappa shape index (κ1) is 15.0. The number of methoxy groups -OCH3 is 1. The second-order valence-electron chi connectivity index (χ2n) is 6.13. The minimum Gasteiger partial charge on any atom is -0.451 e. The van der Waals surface area contributed by atoms with Crippen LogP contribution in [-0.2, 0) is 24.2 Å². The predicted octanol–water partition coefficient (Wildman–Crippen LogP) is 4.32. The summed E-state index contributed by atoms with van der Waals surface area (Å²) in [5, 5.41) is 3.87. The lowest BCUT2D eigenvalue weighted by Gasteiger charge is -2.07. The summed E-state index contributed by atoms with van der Waals surface area (Å²) in [6, 6.07) is 13.8. The van der Waals surface area contributed by atoms with Crippen LogP contribution in [0.15, 0.2) is 46.9 Å².